The Bertz CT molecular complexity index is 1630. The SMILES string of the molecule is CC(C)(C)OC(=O)CCNCC(=O)[N+]1(C(=O)OC(C)(C)C)CCc2cc(OCc3cc(-c4ccccc4)c(C(F)(F)F)s3)c(F)cc21. The molecule has 47 heavy (non-hydrogen) atoms. The lowest BCUT2D eigenvalue weighted by molar-refractivity contribution is -0.154. The molecule has 1 unspecified atom stereocenters. The van der Waals surface area contributed by atoms with Gasteiger partial charge in [-0.2, -0.15) is 18.0 Å². The number of hydrogen-bond acceptors (Lipinski definition) is 8. The molecule has 0 aliphatic carbocycles. The van der Waals surface area contributed by atoms with Gasteiger partial charge in [0.25, 0.3) is 0 Å². The highest BCUT2D eigenvalue weighted by molar-refractivity contribution is 7.12. The number of imide groups is 1. The third-order valence-electron chi connectivity index (χ3n) is 7.09. The Morgan fingerprint density at radius 3 is 2.21 bits per heavy atom. The first-order valence-corrected chi connectivity index (χ1v) is 15.9. The zero-order valence-corrected chi connectivity index (χ0v) is 28.0. The largest absolute Gasteiger partial charge is 0.529 e. The van der Waals surface area contributed by atoms with Gasteiger partial charge in [-0.05, 0) is 59.2 Å². The van der Waals surface area contributed by atoms with Crippen LogP contribution in [0.3, 0.4) is 0 Å². The molecule has 0 saturated carbocycles. The van der Waals surface area contributed by atoms with Crippen molar-refractivity contribution >= 4 is 35.0 Å². The topological polar surface area (TPSA) is 90.9 Å². The van der Waals surface area contributed by atoms with E-state index >= 15 is 4.39 Å². The van der Waals surface area contributed by atoms with Crippen LogP contribution in [0.1, 0.15) is 63.3 Å². The number of thiophene rings is 1. The van der Waals surface area contributed by atoms with Gasteiger partial charge in [-0.1, -0.05) is 30.3 Å². The number of fused-ring (bicyclic) bond motifs is 1. The number of halogens is 4. The Morgan fingerprint density at radius 2 is 1.60 bits per heavy atom. The van der Waals surface area contributed by atoms with Gasteiger partial charge in [0.2, 0.25) is 0 Å². The van der Waals surface area contributed by atoms with Crippen molar-refractivity contribution in [2.24, 2.45) is 0 Å². The molecule has 2 amide bonds. The first kappa shape index (κ1) is 36.0. The number of ether oxygens (including phenoxy) is 3. The van der Waals surface area contributed by atoms with Gasteiger partial charge in [0.05, 0.1) is 6.42 Å². The monoisotopic (exact) mass is 679 g/mol. The second-order valence-corrected chi connectivity index (χ2v) is 14.3. The number of benzene rings is 2. The lowest BCUT2D eigenvalue weighted by Gasteiger charge is -2.31. The summed E-state index contributed by atoms with van der Waals surface area (Å²) < 4.78 is 72.8. The second-order valence-electron chi connectivity index (χ2n) is 13.2. The van der Waals surface area contributed by atoms with Gasteiger partial charge in [0.1, 0.15) is 35.8 Å². The Labute approximate surface area is 275 Å². The molecule has 2 aromatic carbocycles. The Balaban J connectivity index is 1.56. The highest BCUT2D eigenvalue weighted by Gasteiger charge is 2.54. The van der Waals surface area contributed by atoms with Crippen LogP contribution in [0.2, 0.25) is 0 Å². The second kappa shape index (κ2) is 13.7. The van der Waals surface area contributed by atoms with Crippen LogP contribution >= 0.6 is 11.3 Å². The lowest BCUT2D eigenvalue weighted by Crippen LogP contribution is -2.61. The van der Waals surface area contributed by atoms with Crippen LogP contribution < -0.4 is 14.5 Å². The van der Waals surface area contributed by atoms with E-state index in [1.807, 2.05) is 0 Å². The molecular weight excluding hydrogens is 640 g/mol. The Kier molecular flexibility index (Phi) is 10.5. The molecule has 0 radical (unpaired) electrons. The minimum atomic E-state index is -4.59. The summed E-state index contributed by atoms with van der Waals surface area (Å²) >= 11 is 0.521. The number of nitrogens with one attached hydrogen (secondary N) is 1. The molecule has 3 aromatic rings. The number of hydrogen-bond donors (Lipinski definition) is 1. The fourth-order valence-corrected chi connectivity index (χ4v) is 6.13. The van der Waals surface area contributed by atoms with E-state index < -0.39 is 50.5 Å². The fourth-order valence-electron chi connectivity index (χ4n) is 5.17. The van der Waals surface area contributed by atoms with Gasteiger partial charge in [0.15, 0.2) is 17.3 Å². The van der Waals surface area contributed by atoms with Gasteiger partial charge in [-0.15, -0.1) is 15.8 Å². The van der Waals surface area contributed by atoms with Gasteiger partial charge < -0.3 is 19.5 Å². The van der Waals surface area contributed by atoms with E-state index in [1.54, 1.807) is 71.9 Å². The summed E-state index contributed by atoms with van der Waals surface area (Å²) in [5.74, 6) is -2.18. The van der Waals surface area contributed by atoms with Crippen molar-refractivity contribution in [3.63, 3.8) is 0 Å². The summed E-state index contributed by atoms with van der Waals surface area (Å²) in [6.07, 6.45) is -5.28. The third kappa shape index (κ3) is 8.76. The van der Waals surface area contributed by atoms with Crippen LogP contribution in [-0.4, -0.2) is 48.8 Å². The van der Waals surface area contributed by atoms with Crippen LogP contribution in [0.15, 0.2) is 48.5 Å². The molecule has 13 heteroatoms. The maximum atomic E-state index is 15.6. The van der Waals surface area contributed by atoms with E-state index in [2.05, 4.69) is 5.32 Å². The van der Waals surface area contributed by atoms with E-state index in [-0.39, 0.29) is 61.0 Å². The van der Waals surface area contributed by atoms with Crippen LogP contribution in [0, 0.1) is 5.82 Å². The average molecular weight is 680 g/mol. The van der Waals surface area contributed by atoms with Crippen molar-refractivity contribution in [3.8, 4) is 16.9 Å². The number of nitrogens with zero attached hydrogens (tertiary/aromatic N) is 1. The number of quaternary nitrogens is 1. The van der Waals surface area contributed by atoms with E-state index in [0.717, 1.165) is 6.07 Å². The number of carbonyl (C=O) groups excluding carboxylic acids is 3. The lowest BCUT2D eigenvalue weighted by atomic mass is 10.1. The normalized spacial score (nSPS) is 16.5. The van der Waals surface area contributed by atoms with Gasteiger partial charge >= 0.3 is 24.1 Å². The van der Waals surface area contributed by atoms with Crippen molar-refractivity contribution < 1.29 is 46.2 Å². The van der Waals surface area contributed by atoms with Crippen molar-refractivity contribution in [1.29, 1.82) is 0 Å². The molecule has 2 heterocycles. The molecule has 0 saturated heterocycles. The van der Waals surface area contributed by atoms with Crippen LogP contribution in [0.5, 0.6) is 5.75 Å². The summed E-state index contributed by atoms with van der Waals surface area (Å²) in [5, 5.41) is 2.87. The average Bonchev–Trinajstić information content (AvgIpc) is 3.55. The van der Waals surface area contributed by atoms with Crippen molar-refractivity contribution in [1.82, 2.24) is 9.80 Å². The zero-order valence-electron chi connectivity index (χ0n) is 27.2. The predicted octanol–water partition coefficient (Wildman–Crippen LogP) is 7.80. The molecular formula is C34H39F4N2O6S+. The van der Waals surface area contributed by atoms with Crippen LogP contribution in [0.4, 0.5) is 28.0 Å². The van der Waals surface area contributed by atoms with Crippen molar-refractivity contribution in [2.75, 3.05) is 19.6 Å². The van der Waals surface area contributed by atoms with E-state index in [0.29, 0.717) is 22.5 Å². The summed E-state index contributed by atoms with van der Waals surface area (Å²) in [4.78, 5) is 38.8. The summed E-state index contributed by atoms with van der Waals surface area (Å²) in [6.45, 7) is 9.59. The summed E-state index contributed by atoms with van der Waals surface area (Å²) in [6, 6.07) is 11.9. The van der Waals surface area contributed by atoms with Gasteiger partial charge in [-0.25, -0.2) is 9.18 Å². The number of carbonyl (C=O) groups is 3. The zero-order chi connectivity index (χ0) is 34.8. The molecule has 4 rings (SSSR count). The van der Waals surface area contributed by atoms with Crippen molar-refractivity contribution in [2.45, 2.75) is 78.4 Å². The third-order valence-corrected chi connectivity index (χ3v) is 8.24. The molecule has 0 fully saturated rings. The van der Waals surface area contributed by atoms with Gasteiger partial charge in [0, 0.05) is 35.0 Å². The number of rotatable bonds is 9. The summed E-state index contributed by atoms with van der Waals surface area (Å²) in [7, 11) is 0. The molecule has 1 aliphatic heterocycles. The molecule has 1 N–H and O–H groups in total. The standard InChI is InChI=1S/C34H39F4N2O6S/c1-32(2,3)45-29(42)12-14-39-19-28(41)40(31(43)46-33(4,5)6)15-13-22-16-27(25(35)18-26(22)40)44-20-23-17-24(21-10-8-7-9-11-21)30(47-23)34(36,37)38/h7-11,16-18,39H,12-15,19-20H2,1-6H3/q+1. The molecule has 8 nitrogen and oxygen atoms in total. The molecule has 0 bridgehead atoms. The first-order chi connectivity index (χ1) is 21.8. The number of amides is 2. The van der Waals surface area contributed by atoms with Crippen molar-refractivity contribution in [3.05, 3.63) is 69.7 Å². The molecule has 254 valence electrons. The smallest absolute Gasteiger partial charge is 0.485 e. The highest BCUT2D eigenvalue weighted by Crippen LogP contribution is 2.44. The Morgan fingerprint density at radius 1 is 0.936 bits per heavy atom. The Hall–Kier alpha value is -3.81. The molecule has 1 aliphatic rings. The van der Waals surface area contributed by atoms with Crippen LogP contribution in [-0.2, 0) is 38.3 Å². The number of esters is 1. The maximum absolute atomic E-state index is 15.6. The molecule has 0 spiro atoms. The predicted molar refractivity (Wildman–Crippen MR) is 170 cm³/mol. The first-order valence-electron chi connectivity index (χ1n) is 15.1. The van der Waals surface area contributed by atoms with Crippen LogP contribution in [0.25, 0.3) is 11.1 Å². The molecule has 1 atom stereocenters. The quantitative estimate of drug-likeness (QED) is 0.107. The van der Waals surface area contributed by atoms with E-state index in [9.17, 15) is 27.6 Å². The minimum absolute atomic E-state index is 0.00814. The maximum Gasteiger partial charge on any atom is 0.529 e. The summed E-state index contributed by atoms with van der Waals surface area (Å²) in [5.41, 5.74) is -0.663. The number of alkyl halides is 3. The fraction of sp³-hybridized carbons (Fsp3) is 0.441. The van der Waals surface area contributed by atoms with E-state index in [4.69, 9.17) is 14.2 Å². The van der Waals surface area contributed by atoms with Gasteiger partial charge in [-0.3, -0.25) is 4.79 Å². The molecule has 1 aromatic heterocycles. The van der Waals surface area contributed by atoms with E-state index in [1.165, 1.54) is 12.1 Å². The minimum Gasteiger partial charge on any atom is -0.485 e. The highest BCUT2D eigenvalue weighted by atomic mass is 32.1.